The molecule has 1 saturated heterocycles. The predicted molar refractivity (Wildman–Crippen MR) is 145 cm³/mol. The molecule has 5 rings (SSSR count). The number of carbonyl (C=O) groups is 1. The van der Waals surface area contributed by atoms with Gasteiger partial charge in [-0.1, -0.05) is 24.3 Å². The van der Waals surface area contributed by atoms with Gasteiger partial charge < -0.3 is 25.8 Å². The van der Waals surface area contributed by atoms with Crippen molar-refractivity contribution in [3.63, 3.8) is 0 Å². The minimum Gasteiger partial charge on any atom is -0.488 e. The third-order valence-corrected chi connectivity index (χ3v) is 8.29. The molecule has 2 fully saturated rings. The number of amides is 1. The normalized spacial score (nSPS) is 20.6. The molecule has 1 saturated carbocycles. The number of thiophene rings is 1. The van der Waals surface area contributed by atoms with Crippen molar-refractivity contribution < 1.29 is 14.6 Å². The van der Waals surface area contributed by atoms with E-state index in [1.807, 2.05) is 32.0 Å². The first kappa shape index (κ1) is 25.0. The zero-order valence-corrected chi connectivity index (χ0v) is 21.7. The Morgan fingerprint density at radius 3 is 2.78 bits per heavy atom. The quantitative estimate of drug-likeness (QED) is 0.343. The van der Waals surface area contributed by atoms with Crippen LogP contribution in [0, 0.1) is 6.92 Å². The monoisotopic (exact) mass is 505 g/mol. The zero-order valence-electron chi connectivity index (χ0n) is 20.9. The van der Waals surface area contributed by atoms with Gasteiger partial charge in [-0.25, -0.2) is 0 Å². The molecule has 36 heavy (non-hydrogen) atoms. The van der Waals surface area contributed by atoms with Crippen LogP contribution in [0.15, 0.2) is 54.6 Å². The van der Waals surface area contributed by atoms with Gasteiger partial charge >= 0.3 is 0 Å². The Morgan fingerprint density at radius 2 is 2.03 bits per heavy atom. The van der Waals surface area contributed by atoms with Gasteiger partial charge in [0, 0.05) is 41.0 Å². The summed E-state index contributed by atoms with van der Waals surface area (Å²) in [5, 5.41) is 19.7. The lowest BCUT2D eigenvalue weighted by Gasteiger charge is -2.28. The van der Waals surface area contributed by atoms with Crippen LogP contribution in [0.4, 0.5) is 0 Å². The average Bonchev–Trinajstić information content (AvgIpc) is 3.50. The Balaban J connectivity index is 1.22. The van der Waals surface area contributed by atoms with Crippen LogP contribution in [0.25, 0.3) is 10.4 Å². The highest BCUT2D eigenvalue weighted by atomic mass is 32.1. The molecule has 0 radical (unpaired) electrons. The van der Waals surface area contributed by atoms with Crippen LogP contribution in [0.3, 0.4) is 0 Å². The number of ether oxygens (including phenoxy) is 1. The number of hydrogen-bond acceptors (Lipinski definition) is 6. The number of nitrogens with one attached hydrogen (secondary N) is 3. The number of rotatable bonds is 9. The SMILES string of the molecule is Cc1ccc(OC2CNC2)cc1C(=O)N[C@H](C)c1cccc(-c2ccc(CN[C@@H]3CC[C@H](O)C3)s2)c1. The Kier molecular flexibility index (Phi) is 7.72. The minimum atomic E-state index is -0.155. The largest absolute Gasteiger partial charge is 0.488 e. The lowest BCUT2D eigenvalue weighted by atomic mass is 10.0. The van der Waals surface area contributed by atoms with Crippen LogP contribution in [0.2, 0.25) is 0 Å². The summed E-state index contributed by atoms with van der Waals surface area (Å²) in [5.41, 5.74) is 3.80. The molecule has 3 atom stereocenters. The number of benzene rings is 2. The molecule has 2 heterocycles. The standard InChI is InChI=1S/C29H35N3O3S/c1-18-6-9-24(35-25-15-30-16-25)14-27(18)29(34)32-19(2)20-4-3-5-21(12-20)28-11-10-26(36-28)17-31-22-7-8-23(33)13-22/h3-6,9-12,14,19,22-23,25,30-31,33H,7-8,13,15-17H2,1-2H3,(H,32,34)/t19-,22-,23+/m1/s1. The van der Waals surface area contributed by atoms with Crippen LogP contribution in [0.5, 0.6) is 5.75 Å². The Hall–Kier alpha value is -2.71. The van der Waals surface area contributed by atoms with Crippen molar-refractivity contribution in [3.05, 3.63) is 76.2 Å². The van der Waals surface area contributed by atoms with E-state index in [1.165, 1.54) is 9.75 Å². The summed E-state index contributed by atoms with van der Waals surface area (Å²) in [6.07, 6.45) is 2.80. The molecule has 1 aromatic heterocycles. The first-order valence-corrected chi connectivity index (χ1v) is 13.7. The van der Waals surface area contributed by atoms with Crippen molar-refractivity contribution in [1.82, 2.24) is 16.0 Å². The summed E-state index contributed by atoms with van der Waals surface area (Å²) in [4.78, 5) is 15.6. The summed E-state index contributed by atoms with van der Waals surface area (Å²) >= 11 is 1.79. The van der Waals surface area contributed by atoms with Gasteiger partial charge in [0.15, 0.2) is 0 Å². The maximum absolute atomic E-state index is 13.1. The molecule has 0 unspecified atom stereocenters. The summed E-state index contributed by atoms with van der Waals surface area (Å²) in [7, 11) is 0. The molecule has 1 aliphatic heterocycles. The fraction of sp³-hybridized carbons (Fsp3) is 0.414. The molecule has 2 aliphatic rings. The molecule has 2 aromatic carbocycles. The molecular formula is C29H35N3O3S. The number of aliphatic hydroxyl groups excluding tert-OH is 1. The fourth-order valence-electron chi connectivity index (χ4n) is 4.79. The van der Waals surface area contributed by atoms with Crippen molar-refractivity contribution in [2.75, 3.05) is 13.1 Å². The van der Waals surface area contributed by atoms with E-state index in [0.29, 0.717) is 11.6 Å². The summed E-state index contributed by atoms with van der Waals surface area (Å²) < 4.78 is 5.95. The molecule has 6 nitrogen and oxygen atoms in total. The van der Waals surface area contributed by atoms with Gasteiger partial charge in [-0.2, -0.15) is 0 Å². The maximum Gasteiger partial charge on any atom is 0.252 e. The van der Waals surface area contributed by atoms with Crippen molar-refractivity contribution in [2.24, 2.45) is 0 Å². The second kappa shape index (κ2) is 11.1. The molecule has 7 heteroatoms. The van der Waals surface area contributed by atoms with E-state index in [0.717, 1.165) is 61.3 Å². The van der Waals surface area contributed by atoms with Gasteiger partial charge in [-0.15, -0.1) is 11.3 Å². The van der Waals surface area contributed by atoms with Crippen LogP contribution in [-0.2, 0) is 6.54 Å². The van der Waals surface area contributed by atoms with Crippen LogP contribution >= 0.6 is 11.3 Å². The van der Waals surface area contributed by atoms with Crippen LogP contribution in [0.1, 0.15) is 58.6 Å². The van der Waals surface area contributed by atoms with E-state index in [4.69, 9.17) is 4.74 Å². The van der Waals surface area contributed by atoms with Crippen LogP contribution < -0.4 is 20.7 Å². The lowest BCUT2D eigenvalue weighted by Crippen LogP contribution is -2.50. The molecule has 4 N–H and O–H groups in total. The minimum absolute atomic E-state index is 0.0934. The van der Waals surface area contributed by atoms with Crippen LogP contribution in [-0.4, -0.2) is 42.4 Å². The average molecular weight is 506 g/mol. The molecule has 0 spiro atoms. The van der Waals surface area contributed by atoms with Gasteiger partial charge in [-0.05, 0) is 80.1 Å². The number of carbonyl (C=O) groups excluding carboxylic acids is 1. The maximum atomic E-state index is 13.1. The summed E-state index contributed by atoms with van der Waals surface area (Å²) in [6, 6.07) is 18.7. The molecular weight excluding hydrogens is 470 g/mol. The van der Waals surface area contributed by atoms with E-state index in [9.17, 15) is 9.90 Å². The van der Waals surface area contributed by atoms with E-state index in [-0.39, 0.29) is 24.2 Å². The Bertz CT molecular complexity index is 1210. The summed E-state index contributed by atoms with van der Waals surface area (Å²) in [6.45, 7) is 6.48. The van der Waals surface area contributed by atoms with Gasteiger partial charge in [-0.3, -0.25) is 4.79 Å². The Labute approximate surface area is 217 Å². The van der Waals surface area contributed by atoms with E-state index in [1.54, 1.807) is 11.3 Å². The first-order valence-electron chi connectivity index (χ1n) is 12.8. The van der Waals surface area contributed by atoms with E-state index in [2.05, 4.69) is 52.3 Å². The summed E-state index contributed by atoms with van der Waals surface area (Å²) in [5.74, 6) is 0.642. The Morgan fingerprint density at radius 1 is 1.17 bits per heavy atom. The highest BCUT2D eigenvalue weighted by Gasteiger charge is 2.22. The molecule has 1 aliphatic carbocycles. The smallest absolute Gasteiger partial charge is 0.252 e. The predicted octanol–water partition coefficient (Wildman–Crippen LogP) is 4.57. The van der Waals surface area contributed by atoms with Crippen molar-refractivity contribution in [2.45, 2.75) is 63.9 Å². The molecule has 0 bridgehead atoms. The topological polar surface area (TPSA) is 82.6 Å². The highest BCUT2D eigenvalue weighted by Crippen LogP contribution is 2.31. The second-order valence-corrected chi connectivity index (χ2v) is 11.2. The van der Waals surface area contributed by atoms with Crippen molar-refractivity contribution in [1.29, 1.82) is 0 Å². The zero-order chi connectivity index (χ0) is 25.1. The third kappa shape index (κ3) is 5.98. The molecule has 3 aromatic rings. The molecule has 1 amide bonds. The van der Waals surface area contributed by atoms with E-state index < -0.39 is 0 Å². The van der Waals surface area contributed by atoms with Gasteiger partial charge in [0.25, 0.3) is 5.91 Å². The molecule has 190 valence electrons. The lowest BCUT2D eigenvalue weighted by molar-refractivity contribution is 0.0937. The number of aryl methyl sites for hydroxylation is 1. The van der Waals surface area contributed by atoms with Gasteiger partial charge in [0.1, 0.15) is 11.9 Å². The van der Waals surface area contributed by atoms with Gasteiger partial charge in [0.2, 0.25) is 0 Å². The van der Waals surface area contributed by atoms with Gasteiger partial charge in [0.05, 0.1) is 12.1 Å². The van der Waals surface area contributed by atoms with Crippen molar-refractivity contribution in [3.8, 4) is 16.2 Å². The third-order valence-electron chi connectivity index (χ3n) is 7.15. The first-order chi connectivity index (χ1) is 17.4. The fourth-order valence-corrected chi connectivity index (χ4v) is 5.75. The number of aliphatic hydroxyl groups is 1. The second-order valence-electron chi connectivity index (χ2n) is 10.0. The number of hydrogen-bond donors (Lipinski definition) is 4. The van der Waals surface area contributed by atoms with E-state index >= 15 is 0 Å². The highest BCUT2D eigenvalue weighted by molar-refractivity contribution is 7.15. The van der Waals surface area contributed by atoms with Crippen molar-refractivity contribution >= 4 is 17.2 Å².